The van der Waals surface area contributed by atoms with Crippen molar-refractivity contribution in [3.63, 3.8) is 0 Å². The number of halogens is 1. The van der Waals surface area contributed by atoms with Crippen molar-refractivity contribution in [3.05, 3.63) is 29.3 Å². The highest BCUT2D eigenvalue weighted by molar-refractivity contribution is 6.30. The monoisotopic (exact) mass is 281 g/mol. The number of ether oxygens (including phenoxy) is 1. The van der Waals surface area contributed by atoms with E-state index in [-0.39, 0.29) is 5.91 Å². The molecule has 1 fully saturated rings. The van der Waals surface area contributed by atoms with Crippen LogP contribution in [0.25, 0.3) is 0 Å². The summed E-state index contributed by atoms with van der Waals surface area (Å²) in [4.78, 5) is 14.1. The third-order valence-electron chi connectivity index (χ3n) is 3.68. The lowest BCUT2D eigenvalue weighted by Crippen LogP contribution is -2.42. The summed E-state index contributed by atoms with van der Waals surface area (Å²) < 4.78 is 5.66. The van der Waals surface area contributed by atoms with Crippen LogP contribution in [0.1, 0.15) is 32.6 Å². The molecular weight excluding hydrogens is 262 g/mol. The van der Waals surface area contributed by atoms with Crippen molar-refractivity contribution in [1.29, 1.82) is 0 Å². The molecule has 1 atom stereocenters. The largest absolute Gasteiger partial charge is 0.481 e. The quantitative estimate of drug-likeness (QED) is 0.845. The van der Waals surface area contributed by atoms with Gasteiger partial charge in [-0.3, -0.25) is 4.79 Å². The van der Waals surface area contributed by atoms with E-state index in [0.29, 0.717) is 16.8 Å². The summed E-state index contributed by atoms with van der Waals surface area (Å²) in [5.74, 6) is 0.667. The van der Waals surface area contributed by atoms with E-state index in [0.717, 1.165) is 12.8 Å². The fourth-order valence-corrected chi connectivity index (χ4v) is 2.73. The molecule has 0 unspecified atom stereocenters. The normalized spacial score (nSPS) is 17.2. The molecule has 1 aromatic carbocycles. The van der Waals surface area contributed by atoms with Crippen molar-refractivity contribution in [2.75, 3.05) is 7.05 Å². The van der Waals surface area contributed by atoms with E-state index in [1.54, 1.807) is 19.1 Å². The van der Waals surface area contributed by atoms with Gasteiger partial charge >= 0.3 is 0 Å². The molecule has 1 saturated carbocycles. The summed E-state index contributed by atoms with van der Waals surface area (Å²) in [6.45, 7) is 1.79. The van der Waals surface area contributed by atoms with E-state index in [4.69, 9.17) is 16.3 Å². The topological polar surface area (TPSA) is 29.5 Å². The second-order valence-corrected chi connectivity index (χ2v) is 5.54. The van der Waals surface area contributed by atoms with E-state index < -0.39 is 6.10 Å². The number of carbonyl (C=O) groups is 1. The maximum Gasteiger partial charge on any atom is 0.263 e. The van der Waals surface area contributed by atoms with Gasteiger partial charge in [-0.05, 0) is 38.0 Å². The van der Waals surface area contributed by atoms with Crippen LogP contribution in [-0.4, -0.2) is 30.0 Å². The summed E-state index contributed by atoms with van der Waals surface area (Å²) in [5, 5.41) is 0.612. The molecule has 0 spiro atoms. The first kappa shape index (κ1) is 14.2. The van der Waals surface area contributed by atoms with Crippen molar-refractivity contribution >= 4 is 17.5 Å². The lowest BCUT2D eigenvalue weighted by atomic mass is 10.2. The molecule has 1 amide bonds. The van der Waals surface area contributed by atoms with Gasteiger partial charge in [0.2, 0.25) is 0 Å². The van der Waals surface area contributed by atoms with Gasteiger partial charge in [-0.2, -0.15) is 0 Å². The first-order chi connectivity index (χ1) is 9.08. The van der Waals surface area contributed by atoms with Crippen LogP contribution in [0.4, 0.5) is 0 Å². The van der Waals surface area contributed by atoms with Crippen molar-refractivity contribution < 1.29 is 9.53 Å². The molecule has 0 heterocycles. The van der Waals surface area contributed by atoms with Crippen LogP contribution in [-0.2, 0) is 4.79 Å². The van der Waals surface area contributed by atoms with Crippen molar-refractivity contribution in [2.45, 2.75) is 44.8 Å². The molecule has 3 nitrogen and oxygen atoms in total. The molecule has 0 aliphatic heterocycles. The molecule has 4 heteroatoms. The third kappa shape index (κ3) is 3.63. The zero-order chi connectivity index (χ0) is 13.8. The lowest BCUT2D eigenvalue weighted by Gasteiger charge is -2.27. The first-order valence-corrected chi connectivity index (χ1v) is 7.14. The Morgan fingerprint density at radius 3 is 2.74 bits per heavy atom. The number of rotatable bonds is 4. The van der Waals surface area contributed by atoms with Gasteiger partial charge in [-0.25, -0.2) is 0 Å². The second kappa shape index (κ2) is 6.29. The third-order valence-corrected chi connectivity index (χ3v) is 3.91. The minimum absolute atomic E-state index is 0.0341. The lowest BCUT2D eigenvalue weighted by molar-refractivity contribution is -0.138. The minimum atomic E-state index is -0.482. The summed E-state index contributed by atoms with van der Waals surface area (Å²) in [5.41, 5.74) is 0. The molecule has 0 aromatic heterocycles. The molecule has 0 radical (unpaired) electrons. The van der Waals surface area contributed by atoms with E-state index >= 15 is 0 Å². The zero-order valence-electron chi connectivity index (χ0n) is 11.4. The average Bonchev–Trinajstić information content (AvgIpc) is 2.90. The van der Waals surface area contributed by atoms with E-state index in [2.05, 4.69) is 0 Å². The number of carbonyl (C=O) groups excluding carboxylic acids is 1. The highest BCUT2D eigenvalue weighted by Crippen LogP contribution is 2.24. The highest BCUT2D eigenvalue weighted by atomic mass is 35.5. The molecule has 1 aromatic rings. The molecule has 1 aliphatic carbocycles. The maximum absolute atomic E-state index is 12.3. The SMILES string of the molecule is C[C@@H](Oc1cccc(Cl)c1)C(=O)N(C)C1CCCC1. The predicted molar refractivity (Wildman–Crippen MR) is 76.6 cm³/mol. The van der Waals surface area contributed by atoms with Gasteiger partial charge in [0.1, 0.15) is 5.75 Å². The number of nitrogens with zero attached hydrogens (tertiary/aromatic N) is 1. The van der Waals surface area contributed by atoms with E-state index in [1.807, 2.05) is 24.1 Å². The molecule has 0 saturated heterocycles. The molecule has 0 bridgehead atoms. The Morgan fingerprint density at radius 2 is 2.11 bits per heavy atom. The van der Waals surface area contributed by atoms with Gasteiger partial charge < -0.3 is 9.64 Å². The Hall–Kier alpha value is -1.22. The Kier molecular flexibility index (Phi) is 4.70. The number of benzene rings is 1. The standard InChI is InChI=1S/C15H20ClNO2/c1-11(19-14-9-5-6-12(16)10-14)15(18)17(2)13-7-3-4-8-13/h5-6,9-11,13H,3-4,7-8H2,1-2H3/t11-/m1/s1. The van der Waals surface area contributed by atoms with Crippen LogP contribution in [0, 0.1) is 0 Å². The van der Waals surface area contributed by atoms with Crippen LogP contribution in [0.2, 0.25) is 5.02 Å². The minimum Gasteiger partial charge on any atom is -0.481 e. The molecular formula is C15H20ClNO2. The average molecular weight is 282 g/mol. The molecule has 104 valence electrons. The van der Waals surface area contributed by atoms with E-state index in [9.17, 15) is 4.79 Å². The summed E-state index contributed by atoms with van der Waals surface area (Å²) >= 11 is 5.90. The van der Waals surface area contributed by atoms with Crippen molar-refractivity contribution in [3.8, 4) is 5.75 Å². The predicted octanol–water partition coefficient (Wildman–Crippen LogP) is 3.51. The molecule has 19 heavy (non-hydrogen) atoms. The number of hydrogen-bond donors (Lipinski definition) is 0. The highest BCUT2D eigenvalue weighted by Gasteiger charge is 2.27. The first-order valence-electron chi connectivity index (χ1n) is 6.77. The van der Waals surface area contributed by atoms with Gasteiger partial charge in [-0.1, -0.05) is 30.5 Å². The van der Waals surface area contributed by atoms with Crippen LogP contribution in [0.5, 0.6) is 5.75 Å². The Morgan fingerprint density at radius 1 is 1.42 bits per heavy atom. The van der Waals surface area contributed by atoms with Gasteiger partial charge in [0.05, 0.1) is 0 Å². The molecule has 0 N–H and O–H groups in total. The van der Waals surface area contributed by atoms with Crippen molar-refractivity contribution in [1.82, 2.24) is 4.90 Å². The fraction of sp³-hybridized carbons (Fsp3) is 0.533. The zero-order valence-corrected chi connectivity index (χ0v) is 12.2. The number of likely N-dealkylation sites (N-methyl/N-ethyl adjacent to an activating group) is 1. The fourth-order valence-electron chi connectivity index (χ4n) is 2.55. The number of hydrogen-bond acceptors (Lipinski definition) is 2. The van der Waals surface area contributed by atoms with Gasteiger partial charge in [0, 0.05) is 18.1 Å². The van der Waals surface area contributed by atoms with Crippen LogP contribution in [0.15, 0.2) is 24.3 Å². The summed E-state index contributed by atoms with van der Waals surface area (Å²) in [6, 6.07) is 7.51. The van der Waals surface area contributed by atoms with Gasteiger partial charge in [0.25, 0.3) is 5.91 Å². The Balaban J connectivity index is 1.95. The van der Waals surface area contributed by atoms with Crippen LogP contribution < -0.4 is 4.74 Å². The molecule has 2 rings (SSSR count). The second-order valence-electron chi connectivity index (χ2n) is 5.10. The summed E-state index contributed by atoms with van der Waals surface area (Å²) in [7, 11) is 1.87. The van der Waals surface area contributed by atoms with Crippen LogP contribution in [0.3, 0.4) is 0 Å². The Bertz CT molecular complexity index is 444. The van der Waals surface area contributed by atoms with Crippen molar-refractivity contribution in [2.24, 2.45) is 0 Å². The van der Waals surface area contributed by atoms with E-state index in [1.165, 1.54) is 12.8 Å². The van der Waals surface area contributed by atoms with Crippen LogP contribution >= 0.6 is 11.6 Å². The Labute approximate surface area is 119 Å². The number of amides is 1. The smallest absolute Gasteiger partial charge is 0.263 e. The van der Waals surface area contributed by atoms with Gasteiger partial charge in [-0.15, -0.1) is 0 Å². The maximum atomic E-state index is 12.3. The van der Waals surface area contributed by atoms with Gasteiger partial charge in [0.15, 0.2) is 6.10 Å². The molecule has 1 aliphatic rings. The summed E-state index contributed by atoms with van der Waals surface area (Å²) in [6.07, 6.45) is 4.15.